The molecule has 8 heteroatoms. The van der Waals surface area contributed by atoms with Crippen LogP contribution in [0.5, 0.6) is 0 Å². The average Bonchev–Trinajstić information content (AvgIpc) is 3.42. The predicted octanol–water partition coefficient (Wildman–Crippen LogP) is 3.03. The number of likely N-dealkylation sites (tertiary alicyclic amines) is 1. The zero-order valence-corrected chi connectivity index (χ0v) is 21.8. The van der Waals surface area contributed by atoms with Gasteiger partial charge in [-0.3, -0.25) is 14.4 Å². The van der Waals surface area contributed by atoms with Crippen molar-refractivity contribution >= 4 is 29.5 Å². The summed E-state index contributed by atoms with van der Waals surface area (Å²) in [4.78, 5) is 44.7. The van der Waals surface area contributed by atoms with E-state index in [-0.39, 0.29) is 48.2 Å². The van der Waals surface area contributed by atoms with Crippen LogP contribution in [0.2, 0.25) is 0 Å². The maximum absolute atomic E-state index is 14.1. The Balaban J connectivity index is 2.05. The number of carbonyl (C=O) groups is 3. The lowest BCUT2D eigenvalue weighted by Crippen LogP contribution is -2.58. The number of nitrogens with zero attached hydrogens (tertiary/aromatic N) is 2. The van der Waals surface area contributed by atoms with Gasteiger partial charge in [-0.1, -0.05) is 26.0 Å². The highest BCUT2D eigenvalue weighted by atomic mass is 32.2. The standard InChI is InChI=1S/C26H40N2O5S/c1-7-9-13-33-25(32)20-19-10-11-26(34-19)21(20)23(30)28(18(15-29)14-16(3)4)22(26)24(31)27(12-8-2)17(5)6/h7-8,16-22,29H,1-2,9-15H2,3-6H3/t18-,19-,20+,21+,22?,26?/m1/s1. The molecule has 3 saturated heterocycles. The second kappa shape index (κ2) is 10.9. The number of aliphatic hydroxyl groups excluding tert-OH is 1. The molecule has 0 aromatic heterocycles. The molecule has 3 rings (SSSR count). The lowest BCUT2D eigenvalue weighted by molar-refractivity contribution is -0.154. The first kappa shape index (κ1) is 26.8. The van der Waals surface area contributed by atoms with E-state index in [1.54, 1.807) is 33.7 Å². The number of hydrogen-bond acceptors (Lipinski definition) is 6. The predicted molar refractivity (Wildman–Crippen MR) is 134 cm³/mol. The Bertz CT molecular complexity index is 815. The van der Waals surface area contributed by atoms with Crippen molar-refractivity contribution in [2.45, 2.75) is 81.5 Å². The number of esters is 1. The smallest absolute Gasteiger partial charge is 0.310 e. The summed E-state index contributed by atoms with van der Waals surface area (Å²) in [6.07, 6.45) is 6.00. The van der Waals surface area contributed by atoms with Crippen molar-refractivity contribution in [1.82, 2.24) is 9.80 Å². The molecular formula is C26H40N2O5S. The SMILES string of the molecule is C=CCCOC(=O)[C@@H]1[C@H]2C(=O)N([C@@H](CO)CC(C)C)C(C(=O)N(CC=C)C(C)C)C23CC[C@H]1S3. The lowest BCUT2D eigenvalue weighted by atomic mass is 9.71. The van der Waals surface area contributed by atoms with Crippen molar-refractivity contribution < 1.29 is 24.2 Å². The molecule has 1 spiro atoms. The third-order valence-corrected chi connectivity index (χ3v) is 9.34. The van der Waals surface area contributed by atoms with Crippen LogP contribution in [0.25, 0.3) is 0 Å². The fourth-order valence-corrected chi connectivity index (χ4v) is 8.23. The summed E-state index contributed by atoms with van der Waals surface area (Å²) in [5.41, 5.74) is 0. The minimum atomic E-state index is -0.718. The Hall–Kier alpha value is -1.80. The van der Waals surface area contributed by atoms with Crippen molar-refractivity contribution in [2.24, 2.45) is 17.8 Å². The number of aliphatic hydroxyl groups is 1. The molecule has 0 aromatic carbocycles. The van der Waals surface area contributed by atoms with E-state index < -0.39 is 28.7 Å². The van der Waals surface area contributed by atoms with Crippen LogP contribution in [0, 0.1) is 17.8 Å². The molecule has 3 fully saturated rings. The van der Waals surface area contributed by atoms with Crippen LogP contribution in [0.3, 0.4) is 0 Å². The van der Waals surface area contributed by atoms with E-state index in [1.165, 1.54) is 0 Å². The maximum atomic E-state index is 14.1. The molecule has 3 aliphatic rings. The van der Waals surface area contributed by atoms with Crippen molar-refractivity contribution in [3.63, 3.8) is 0 Å². The molecule has 3 heterocycles. The highest BCUT2D eigenvalue weighted by molar-refractivity contribution is 8.02. The van der Waals surface area contributed by atoms with E-state index in [4.69, 9.17) is 4.74 Å². The highest BCUT2D eigenvalue weighted by Gasteiger charge is 2.74. The number of ether oxygens (including phenoxy) is 1. The summed E-state index contributed by atoms with van der Waals surface area (Å²) in [6, 6.07) is -1.26. The van der Waals surface area contributed by atoms with Crippen LogP contribution in [-0.2, 0) is 19.1 Å². The van der Waals surface area contributed by atoms with Gasteiger partial charge in [-0.25, -0.2) is 0 Å². The Morgan fingerprint density at radius 2 is 2.00 bits per heavy atom. The summed E-state index contributed by atoms with van der Waals surface area (Å²) in [7, 11) is 0. The molecule has 2 unspecified atom stereocenters. The summed E-state index contributed by atoms with van der Waals surface area (Å²) in [5.74, 6) is -1.62. The molecule has 0 aromatic rings. The fourth-order valence-electron chi connectivity index (χ4n) is 6.04. The number of hydrogen-bond donors (Lipinski definition) is 1. The molecule has 3 aliphatic heterocycles. The number of amides is 2. The third kappa shape index (κ3) is 4.55. The van der Waals surface area contributed by atoms with Crippen LogP contribution in [0.15, 0.2) is 25.3 Å². The Kier molecular flexibility index (Phi) is 8.56. The average molecular weight is 493 g/mol. The van der Waals surface area contributed by atoms with Gasteiger partial charge >= 0.3 is 5.97 Å². The van der Waals surface area contributed by atoms with Crippen LogP contribution in [0.1, 0.15) is 53.4 Å². The maximum Gasteiger partial charge on any atom is 0.310 e. The second-order valence-corrected chi connectivity index (χ2v) is 12.0. The monoisotopic (exact) mass is 492 g/mol. The van der Waals surface area contributed by atoms with Crippen LogP contribution < -0.4 is 0 Å². The van der Waals surface area contributed by atoms with Crippen molar-refractivity contribution in [2.75, 3.05) is 19.8 Å². The molecule has 6 atom stereocenters. The molecule has 34 heavy (non-hydrogen) atoms. The third-order valence-electron chi connectivity index (χ3n) is 7.39. The van der Waals surface area contributed by atoms with Gasteiger partial charge in [0, 0.05) is 17.8 Å². The molecule has 7 nitrogen and oxygen atoms in total. The van der Waals surface area contributed by atoms with E-state index in [0.29, 0.717) is 25.8 Å². The summed E-state index contributed by atoms with van der Waals surface area (Å²) < 4.78 is 4.85. The van der Waals surface area contributed by atoms with Gasteiger partial charge in [-0.15, -0.1) is 24.9 Å². The second-order valence-electron chi connectivity index (χ2n) is 10.4. The fraction of sp³-hybridized carbons (Fsp3) is 0.731. The summed E-state index contributed by atoms with van der Waals surface area (Å²) in [6.45, 7) is 15.9. The van der Waals surface area contributed by atoms with Gasteiger partial charge in [-0.05, 0) is 45.4 Å². The molecule has 2 amide bonds. The van der Waals surface area contributed by atoms with Gasteiger partial charge in [0.05, 0.1) is 35.8 Å². The van der Waals surface area contributed by atoms with Crippen molar-refractivity contribution in [3.8, 4) is 0 Å². The number of rotatable bonds is 12. The molecular weight excluding hydrogens is 452 g/mol. The van der Waals surface area contributed by atoms with E-state index in [0.717, 1.165) is 6.42 Å². The molecule has 0 radical (unpaired) electrons. The van der Waals surface area contributed by atoms with Gasteiger partial charge in [0.1, 0.15) is 6.04 Å². The Labute approximate surface area is 208 Å². The minimum absolute atomic E-state index is 0.0350. The molecule has 190 valence electrons. The molecule has 2 bridgehead atoms. The van der Waals surface area contributed by atoms with E-state index in [1.807, 2.05) is 27.7 Å². The van der Waals surface area contributed by atoms with Crippen LogP contribution >= 0.6 is 11.8 Å². The van der Waals surface area contributed by atoms with Gasteiger partial charge < -0.3 is 19.6 Å². The Morgan fingerprint density at radius 3 is 2.56 bits per heavy atom. The first-order valence-electron chi connectivity index (χ1n) is 12.4. The van der Waals surface area contributed by atoms with Crippen molar-refractivity contribution in [3.05, 3.63) is 25.3 Å². The molecule has 0 aliphatic carbocycles. The Morgan fingerprint density at radius 1 is 1.29 bits per heavy atom. The minimum Gasteiger partial charge on any atom is -0.465 e. The zero-order valence-electron chi connectivity index (χ0n) is 20.9. The quantitative estimate of drug-likeness (QED) is 0.256. The first-order valence-corrected chi connectivity index (χ1v) is 13.3. The first-order chi connectivity index (χ1) is 16.1. The lowest BCUT2D eigenvalue weighted by Gasteiger charge is -2.41. The zero-order chi connectivity index (χ0) is 25.2. The van der Waals surface area contributed by atoms with Gasteiger partial charge in [0.25, 0.3) is 0 Å². The number of carbonyl (C=O) groups excluding carboxylic acids is 3. The molecule has 0 saturated carbocycles. The van der Waals surface area contributed by atoms with E-state index in [2.05, 4.69) is 13.2 Å². The largest absolute Gasteiger partial charge is 0.465 e. The number of fused-ring (bicyclic) bond motifs is 1. The van der Waals surface area contributed by atoms with Crippen LogP contribution in [0.4, 0.5) is 0 Å². The van der Waals surface area contributed by atoms with Crippen LogP contribution in [-0.4, -0.2) is 80.6 Å². The van der Waals surface area contributed by atoms with E-state index in [9.17, 15) is 19.5 Å². The number of thioether (sulfide) groups is 1. The highest BCUT2D eigenvalue weighted by Crippen LogP contribution is 2.67. The van der Waals surface area contributed by atoms with Gasteiger partial charge in [0.2, 0.25) is 11.8 Å². The summed E-state index contributed by atoms with van der Waals surface area (Å²) in [5, 5.41) is 10.3. The normalized spacial score (nSPS) is 30.6. The molecule has 1 N–H and O–H groups in total. The topological polar surface area (TPSA) is 87.1 Å². The van der Waals surface area contributed by atoms with Gasteiger partial charge in [-0.2, -0.15) is 0 Å². The van der Waals surface area contributed by atoms with Crippen molar-refractivity contribution in [1.29, 1.82) is 0 Å². The summed E-state index contributed by atoms with van der Waals surface area (Å²) >= 11 is 1.62. The van der Waals surface area contributed by atoms with E-state index >= 15 is 0 Å². The van der Waals surface area contributed by atoms with Gasteiger partial charge in [0.15, 0.2) is 0 Å².